The van der Waals surface area contributed by atoms with Gasteiger partial charge in [-0.3, -0.25) is 0 Å². The summed E-state index contributed by atoms with van der Waals surface area (Å²) in [6.45, 7) is 3.31. The lowest BCUT2D eigenvalue weighted by Crippen LogP contribution is -2.49. The summed E-state index contributed by atoms with van der Waals surface area (Å²) >= 11 is 1.60. The van der Waals surface area contributed by atoms with Crippen LogP contribution in [0.3, 0.4) is 0 Å². The summed E-state index contributed by atoms with van der Waals surface area (Å²) in [6.07, 6.45) is 0.295. The van der Waals surface area contributed by atoms with E-state index in [9.17, 15) is 15.0 Å². The predicted octanol–water partition coefficient (Wildman–Crippen LogP) is 1.12. The summed E-state index contributed by atoms with van der Waals surface area (Å²) < 4.78 is 5.53. The third-order valence-corrected chi connectivity index (χ3v) is 3.93. The monoisotopic (exact) mass is 234 g/mol. The van der Waals surface area contributed by atoms with Gasteiger partial charge in [0.1, 0.15) is 0 Å². The van der Waals surface area contributed by atoms with Crippen LogP contribution in [0, 0.1) is 0 Å². The Kier molecular flexibility index (Phi) is 4.43. The molecule has 0 radical (unpaired) electrons. The van der Waals surface area contributed by atoms with Crippen LogP contribution in [-0.4, -0.2) is 45.5 Å². The molecule has 0 aliphatic carbocycles. The smallest absolute Gasteiger partial charge is 0.336 e. The zero-order valence-corrected chi connectivity index (χ0v) is 9.92. The van der Waals surface area contributed by atoms with Gasteiger partial charge in [-0.25, -0.2) is 4.79 Å². The van der Waals surface area contributed by atoms with Gasteiger partial charge in [0, 0.05) is 5.75 Å². The minimum atomic E-state index is -1.10. The molecule has 3 atom stereocenters. The van der Waals surface area contributed by atoms with Gasteiger partial charge >= 0.3 is 5.97 Å². The van der Waals surface area contributed by atoms with Gasteiger partial charge in [0.15, 0.2) is 5.60 Å². The Morgan fingerprint density at radius 3 is 2.60 bits per heavy atom. The lowest BCUT2D eigenvalue weighted by atomic mass is 9.99. The average Bonchev–Trinajstić information content (AvgIpc) is 2.18. The summed E-state index contributed by atoms with van der Waals surface area (Å²) in [5.41, 5.74) is -1.10. The molecule has 0 spiro atoms. The van der Waals surface area contributed by atoms with E-state index in [0.29, 0.717) is 12.2 Å². The first-order valence-electron chi connectivity index (χ1n) is 5.15. The number of carboxylic acid groups (broad SMARTS) is 1. The Labute approximate surface area is 94.0 Å². The SMILES string of the molecule is CC(O)C(C)OC1(C(=O)O)CCCSC1. The van der Waals surface area contributed by atoms with Crippen LogP contribution in [0.15, 0.2) is 0 Å². The van der Waals surface area contributed by atoms with E-state index in [4.69, 9.17) is 4.74 Å². The summed E-state index contributed by atoms with van der Waals surface area (Å²) in [6, 6.07) is 0. The first-order valence-corrected chi connectivity index (χ1v) is 6.30. The zero-order valence-electron chi connectivity index (χ0n) is 9.10. The van der Waals surface area contributed by atoms with E-state index in [0.717, 1.165) is 12.2 Å². The Hall–Kier alpha value is -0.260. The topological polar surface area (TPSA) is 66.8 Å². The maximum Gasteiger partial charge on any atom is 0.336 e. The molecular weight excluding hydrogens is 216 g/mol. The van der Waals surface area contributed by atoms with Crippen LogP contribution in [0.4, 0.5) is 0 Å². The van der Waals surface area contributed by atoms with Crippen molar-refractivity contribution in [3.05, 3.63) is 0 Å². The molecule has 1 aliphatic rings. The van der Waals surface area contributed by atoms with Crippen LogP contribution >= 0.6 is 11.8 Å². The van der Waals surface area contributed by atoms with Gasteiger partial charge in [0.05, 0.1) is 12.2 Å². The van der Waals surface area contributed by atoms with Crippen molar-refractivity contribution in [2.45, 2.75) is 44.5 Å². The van der Waals surface area contributed by atoms with Gasteiger partial charge < -0.3 is 14.9 Å². The van der Waals surface area contributed by atoms with Crippen molar-refractivity contribution in [2.24, 2.45) is 0 Å². The van der Waals surface area contributed by atoms with Crippen LogP contribution in [0.2, 0.25) is 0 Å². The first-order chi connectivity index (χ1) is 6.98. The minimum absolute atomic E-state index is 0.445. The summed E-state index contributed by atoms with van der Waals surface area (Å²) in [5, 5.41) is 18.5. The Morgan fingerprint density at radius 2 is 2.20 bits per heavy atom. The molecule has 5 heteroatoms. The number of carbonyl (C=O) groups is 1. The lowest BCUT2D eigenvalue weighted by molar-refractivity contribution is -0.177. The molecule has 2 N–H and O–H groups in total. The van der Waals surface area contributed by atoms with Crippen molar-refractivity contribution in [3.8, 4) is 0 Å². The summed E-state index contributed by atoms with van der Waals surface area (Å²) in [7, 11) is 0. The van der Waals surface area contributed by atoms with Crippen molar-refractivity contribution < 1.29 is 19.7 Å². The zero-order chi connectivity index (χ0) is 11.5. The number of thioether (sulfide) groups is 1. The van der Waals surface area contributed by atoms with Gasteiger partial charge in [-0.15, -0.1) is 0 Å². The van der Waals surface area contributed by atoms with E-state index >= 15 is 0 Å². The van der Waals surface area contributed by atoms with Crippen LogP contribution < -0.4 is 0 Å². The Balaban J connectivity index is 2.68. The van der Waals surface area contributed by atoms with Gasteiger partial charge in [0.25, 0.3) is 0 Å². The van der Waals surface area contributed by atoms with E-state index in [1.807, 2.05) is 0 Å². The molecule has 0 bridgehead atoms. The quantitative estimate of drug-likeness (QED) is 0.763. The molecule has 1 fully saturated rings. The second-order valence-corrected chi connectivity index (χ2v) is 5.12. The van der Waals surface area contributed by atoms with Gasteiger partial charge in [-0.2, -0.15) is 11.8 Å². The number of carboxylic acids is 1. The van der Waals surface area contributed by atoms with E-state index in [-0.39, 0.29) is 0 Å². The normalized spacial score (nSPS) is 30.9. The van der Waals surface area contributed by atoms with Crippen LogP contribution in [-0.2, 0) is 9.53 Å². The van der Waals surface area contributed by atoms with E-state index in [1.54, 1.807) is 25.6 Å². The number of aliphatic hydroxyl groups excluding tert-OH is 1. The minimum Gasteiger partial charge on any atom is -0.479 e. The molecule has 4 nitrogen and oxygen atoms in total. The van der Waals surface area contributed by atoms with Gasteiger partial charge in [-0.05, 0) is 32.4 Å². The van der Waals surface area contributed by atoms with Gasteiger partial charge in [-0.1, -0.05) is 0 Å². The Morgan fingerprint density at radius 1 is 1.53 bits per heavy atom. The number of rotatable bonds is 4. The highest BCUT2D eigenvalue weighted by Crippen LogP contribution is 2.31. The van der Waals surface area contributed by atoms with Crippen LogP contribution in [0.1, 0.15) is 26.7 Å². The number of hydrogen-bond donors (Lipinski definition) is 2. The fourth-order valence-electron chi connectivity index (χ4n) is 1.54. The second-order valence-electron chi connectivity index (χ2n) is 4.02. The number of ether oxygens (including phenoxy) is 1. The van der Waals surface area contributed by atoms with E-state index < -0.39 is 23.8 Å². The number of aliphatic carboxylic acids is 1. The number of hydrogen-bond acceptors (Lipinski definition) is 4. The fourth-order valence-corrected chi connectivity index (χ4v) is 2.69. The highest BCUT2D eigenvalue weighted by Gasteiger charge is 2.43. The molecule has 1 heterocycles. The Bertz CT molecular complexity index is 223. The fraction of sp³-hybridized carbons (Fsp3) is 0.900. The first kappa shape index (κ1) is 12.8. The molecule has 0 aromatic heterocycles. The maximum absolute atomic E-state index is 11.2. The highest BCUT2D eigenvalue weighted by atomic mass is 32.2. The molecule has 0 aromatic carbocycles. The standard InChI is InChI=1S/C10H18O4S/c1-7(11)8(2)14-10(9(12)13)4-3-5-15-6-10/h7-8,11H,3-6H2,1-2H3,(H,12,13). The molecule has 3 unspecified atom stereocenters. The van der Waals surface area contributed by atoms with Crippen LogP contribution in [0.5, 0.6) is 0 Å². The van der Waals surface area contributed by atoms with Crippen LogP contribution in [0.25, 0.3) is 0 Å². The molecule has 0 saturated carbocycles. The van der Waals surface area contributed by atoms with Gasteiger partial charge in [0.2, 0.25) is 0 Å². The molecule has 15 heavy (non-hydrogen) atoms. The molecule has 0 amide bonds. The van der Waals surface area contributed by atoms with Crippen molar-refractivity contribution in [1.82, 2.24) is 0 Å². The maximum atomic E-state index is 11.2. The number of aliphatic hydroxyl groups is 1. The third-order valence-electron chi connectivity index (χ3n) is 2.69. The summed E-state index contributed by atoms with van der Waals surface area (Å²) in [5.74, 6) is 0.545. The molecule has 88 valence electrons. The van der Waals surface area contributed by atoms with E-state index in [1.165, 1.54) is 0 Å². The average molecular weight is 234 g/mol. The molecule has 1 saturated heterocycles. The van der Waals surface area contributed by atoms with E-state index in [2.05, 4.69) is 0 Å². The molecule has 0 aromatic rings. The second kappa shape index (κ2) is 5.18. The molecule has 1 aliphatic heterocycles. The predicted molar refractivity (Wildman–Crippen MR) is 59.2 cm³/mol. The van der Waals surface area contributed by atoms with Crippen molar-refractivity contribution in [3.63, 3.8) is 0 Å². The molecular formula is C10H18O4S. The van der Waals surface area contributed by atoms with Crippen molar-refractivity contribution in [1.29, 1.82) is 0 Å². The summed E-state index contributed by atoms with van der Waals surface area (Å²) in [4.78, 5) is 11.2. The van der Waals surface area contributed by atoms with Crippen molar-refractivity contribution >= 4 is 17.7 Å². The van der Waals surface area contributed by atoms with Crippen molar-refractivity contribution in [2.75, 3.05) is 11.5 Å². The largest absolute Gasteiger partial charge is 0.479 e. The molecule has 1 rings (SSSR count). The highest BCUT2D eigenvalue weighted by molar-refractivity contribution is 7.99. The third kappa shape index (κ3) is 3.09. The lowest BCUT2D eigenvalue weighted by Gasteiger charge is -2.35.